The van der Waals surface area contributed by atoms with Gasteiger partial charge in [0, 0.05) is 44.7 Å². The summed E-state index contributed by atoms with van der Waals surface area (Å²) >= 11 is 0. The Labute approximate surface area is 112 Å². The lowest BCUT2D eigenvalue weighted by Crippen LogP contribution is -2.54. The predicted octanol–water partition coefficient (Wildman–Crippen LogP) is 1.32. The highest BCUT2D eigenvalue weighted by Crippen LogP contribution is 2.08. The van der Waals surface area contributed by atoms with E-state index in [1.807, 2.05) is 18.7 Å². The zero-order valence-electron chi connectivity index (χ0n) is 12.4. The number of carbonyl (C=O) groups excluding carboxylic acids is 1. The van der Waals surface area contributed by atoms with Gasteiger partial charge in [-0.15, -0.1) is 0 Å². The lowest BCUT2D eigenvalue weighted by Gasteiger charge is -2.37. The molecule has 2 unspecified atom stereocenters. The molecule has 1 saturated heterocycles. The van der Waals surface area contributed by atoms with Crippen LogP contribution in [0.2, 0.25) is 0 Å². The Morgan fingerprint density at radius 3 is 2.61 bits per heavy atom. The van der Waals surface area contributed by atoms with Crippen molar-refractivity contribution in [2.75, 3.05) is 32.7 Å². The zero-order valence-corrected chi connectivity index (χ0v) is 12.4. The predicted molar refractivity (Wildman–Crippen MR) is 75.7 cm³/mol. The third kappa shape index (κ3) is 4.58. The SMILES string of the molecule is CCN(CC)C(=O)CCCN1CC(C)NCC1C. The van der Waals surface area contributed by atoms with Gasteiger partial charge in [-0.3, -0.25) is 9.69 Å². The van der Waals surface area contributed by atoms with E-state index in [0.29, 0.717) is 24.4 Å². The van der Waals surface area contributed by atoms with Crippen LogP contribution in [0.4, 0.5) is 0 Å². The van der Waals surface area contributed by atoms with Gasteiger partial charge in [0.25, 0.3) is 0 Å². The molecule has 18 heavy (non-hydrogen) atoms. The van der Waals surface area contributed by atoms with Crippen molar-refractivity contribution in [2.45, 2.75) is 52.6 Å². The topological polar surface area (TPSA) is 35.6 Å². The molecule has 2 atom stereocenters. The number of hydrogen-bond donors (Lipinski definition) is 1. The van der Waals surface area contributed by atoms with Crippen LogP contribution in [-0.4, -0.2) is 60.5 Å². The molecular formula is C14H29N3O. The van der Waals surface area contributed by atoms with E-state index in [9.17, 15) is 4.79 Å². The number of carbonyl (C=O) groups is 1. The fourth-order valence-electron chi connectivity index (χ4n) is 2.58. The number of amides is 1. The van der Waals surface area contributed by atoms with E-state index in [0.717, 1.165) is 39.1 Å². The lowest BCUT2D eigenvalue weighted by atomic mass is 10.1. The maximum atomic E-state index is 11.9. The molecule has 1 fully saturated rings. The summed E-state index contributed by atoms with van der Waals surface area (Å²) in [4.78, 5) is 16.3. The maximum absolute atomic E-state index is 11.9. The van der Waals surface area contributed by atoms with Crippen LogP contribution in [0.3, 0.4) is 0 Å². The Balaban J connectivity index is 2.26. The summed E-state index contributed by atoms with van der Waals surface area (Å²) in [5, 5.41) is 3.48. The van der Waals surface area contributed by atoms with Gasteiger partial charge in [0.2, 0.25) is 5.91 Å². The van der Waals surface area contributed by atoms with Gasteiger partial charge in [-0.25, -0.2) is 0 Å². The van der Waals surface area contributed by atoms with Crippen molar-refractivity contribution in [3.63, 3.8) is 0 Å². The Kier molecular flexibility index (Phi) is 6.65. The molecule has 4 heteroatoms. The average molecular weight is 255 g/mol. The lowest BCUT2D eigenvalue weighted by molar-refractivity contribution is -0.131. The summed E-state index contributed by atoms with van der Waals surface area (Å²) in [6.07, 6.45) is 1.67. The summed E-state index contributed by atoms with van der Waals surface area (Å²) in [7, 11) is 0. The maximum Gasteiger partial charge on any atom is 0.222 e. The molecule has 0 bridgehead atoms. The highest BCUT2D eigenvalue weighted by Gasteiger charge is 2.22. The van der Waals surface area contributed by atoms with Gasteiger partial charge in [0.05, 0.1) is 0 Å². The second-order valence-electron chi connectivity index (χ2n) is 5.32. The standard InChI is InChI=1S/C14H29N3O/c1-5-16(6-2)14(18)8-7-9-17-11-12(3)15-10-13(17)4/h12-13,15H,5-11H2,1-4H3. The number of piperazine rings is 1. The van der Waals surface area contributed by atoms with Crippen LogP contribution in [-0.2, 0) is 4.79 Å². The van der Waals surface area contributed by atoms with Crippen LogP contribution in [0.5, 0.6) is 0 Å². The van der Waals surface area contributed by atoms with Crippen molar-refractivity contribution in [2.24, 2.45) is 0 Å². The molecule has 0 saturated carbocycles. The van der Waals surface area contributed by atoms with Gasteiger partial charge in [-0.05, 0) is 40.7 Å². The fraction of sp³-hybridized carbons (Fsp3) is 0.929. The van der Waals surface area contributed by atoms with E-state index in [-0.39, 0.29) is 0 Å². The first-order chi connectivity index (χ1) is 8.58. The van der Waals surface area contributed by atoms with E-state index in [4.69, 9.17) is 0 Å². The molecule has 1 heterocycles. The molecule has 1 aliphatic heterocycles. The Morgan fingerprint density at radius 1 is 1.33 bits per heavy atom. The van der Waals surface area contributed by atoms with E-state index >= 15 is 0 Å². The average Bonchev–Trinajstić information content (AvgIpc) is 2.35. The molecular weight excluding hydrogens is 226 g/mol. The fourth-order valence-corrected chi connectivity index (χ4v) is 2.58. The van der Waals surface area contributed by atoms with Crippen molar-refractivity contribution in [1.82, 2.24) is 15.1 Å². The van der Waals surface area contributed by atoms with Gasteiger partial charge < -0.3 is 10.2 Å². The molecule has 1 aliphatic rings. The highest BCUT2D eigenvalue weighted by molar-refractivity contribution is 5.76. The van der Waals surface area contributed by atoms with Gasteiger partial charge >= 0.3 is 0 Å². The molecule has 0 spiro atoms. The molecule has 0 aromatic rings. The van der Waals surface area contributed by atoms with Crippen LogP contribution < -0.4 is 5.32 Å². The molecule has 1 N–H and O–H groups in total. The number of nitrogens with one attached hydrogen (secondary N) is 1. The smallest absolute Gasteiger partial charge is 0.222 e. The number of hydrogen-bond acceptors (Lipinski definition) is 3. The molecule has 1 rings (SSSR count). The summed E-state index contributed by atoms with van der Waals surface area (Å²) in [5.41, 5.74) is 0. The molecule has 0 aliphatic carbocycles. The van der Waals surface area contributed by atoms with Crippen molar-refractivity contribution < 1.29 is 4.79 Å². The summed E-state index contributed by atoms with van der Waals surface area (Å²) in [6.45, 7) is 13.4. The van der Waals surface area contributed by atoms with Crippen molar-refractivity contribution in [3.8, 4) is 0 Å². The third-order valence-electron chi connectivity index (χ3n) is 3.85. The number of nitrogens with zero attached hydrogens (tertiary/aromatic N) is 2. The molecule has 0 radical (unpaired) electrons. The first-order valence-electron chi connectivity index (χ1n) is 7.33. The van der Waals surface area contributed by atoms with E-state index < -0.39 is 0 Å². The second kappa shape index (κ2) is 7.74. The van der Waals surface area contributed by atoms with Crippen molar-refractivity contribution in [1.29, 1.82) is 0 Å². The quantitative estimate of drug-likeness (QED) is 0.777. The summed E-state index contributed by atoms with van der Waals surface area (Å²) < 4.78 is 0. The Morgan fingerprint density at radius 2 is 2.00 bits per heavy atom. The van der Waals surface area contributed by atoms with Crippen molar-refractivity contribution in [3.05, 3.63) is 0 Å². The highest BCUT2D eigenvalue weighted by atomic mass is 16.2. The van der Waals surface area contributed by atoms with Gasteiger partial charge in [0.1, 0.15) is 0 Å². The van der Waals surface area contributed by atoms with Crippen LogP contribution in [0.15, 0.2) is 0 Å². The van der Waals surface area contributed by atoms with E-state index in [1.54, 1.807) is 0 Å². The molecule has 106 valence electrons. The van der Waals surface area contributed by atoms with Gasteiger partial charge in [-0.1, -0.05) is 0 Å². The Bertz CT molecular complexity index is 253. The summed E-state index contributed by atoms with van der Waals surface area (Å²) in [6, 6.07) is 1.16. The van der Waals surface area contributed by atoms with Crippen LogP contribution >= 0.6 is 0 Å². The third-order valence-corrected chi connectivity index (χ3v) is 3.85. The van der Waals surface area contributed by atoms with Gasteiger partial charge in [0.15, 0.2) is 0 Å². The number of rotatable bonds is 6. The van der Waals surface area contributed by atoms with Crippen LogP contribution in [0, 0.1) is 0 Å². The summed E-state index contributed by atoms with van der Waals surface area (Å²) in [5.74, 6) is 0.302. The molecule has 1 amide bonds. The van der Waals surface area contributed by atoms with Crippen LogP contribution in [0.25, 0.3) is 0 Å². The minimum Gasteiger partial charge on any atom is -0.343 e. The van der Waals surface area contributed by atoms with E-state index in [2.05, 4.69) is 24.1 Å². The first kappa shape index (κ1) is 15.4. The molecule has 0 aromatic heterocycles. The zero-order chi connectivity index (χ0) is 13.5. The largest absolute Gasteiger partial charge is 0.343 e. The monoisotopic (exact) mass is 255 g/mol. The minimum absolute atomic E-state index is 0.302. The van der Waals surface area contributed by atoms with Crippen molar-refractivity contribution >= 4 is 5.91 Å². The molecule has 0 aromatic carbocycles. The minimum atomic E-state index is 0.302. The van der Waals surface area contributed by atoms with E-state index in [1.165, 1.54) is 0 Å². The molecule has 4 nitrogen and oxygen atoms in total. The van der Waals surface area contributed by atoms with Gasteiger partial charge in [-0.2, -0.15) is 0 Å². The Hall–Kier alpha value is -0.610. The first-order valence-corrected chi connectivity index (χ1v) is 7.33. The second-order valence-corrected chi connectivity index (χ2v) is 5.32. The normalized spacial score (nSPS) is 25.1. The van der Waals surface area contributed by atoms with Crippen LogP contribution in [0.1, 0.15) is 40.5 Å².